The van der Waals surface area contributed by atoms with Crippen molar-refractivity contribution in [2.45, 2.75) is 13.3 Å². The van der Waals surface area contributed by atoms with Crippen LogP contribution in [0.15, 0.2) is 77.3 Å². The minimum Gasteiger partial charge on any atom is -0.360 e. The summed E-state index contributed by atoms with van der Waals surface area (Å²) < 4.78 is 5.32. The van der Waals surface area contributed by atoms with E-state index in [9.17, 15) is 4.79 Å². The second-order valence-electron chi connectivity index (χ2n) is 6.99. The molecule has 136 valence electrons. The molecule has 1 heterocycles. The molecule has 5 rings (SSSR count). The molecular weight excluding hydrogens is 348 g/mol. The predicted molar refractivity (Wildman–Crippen MR) is 109 cm³/mol. The van der Waals surface area contributed by atoms with E-state index in [0.29, 0.717) is 17.0 Å². The summed E-state index contributed by atoms with van der Waals surface area (Å²) >= 11 is 0. The molecule has 0 radical (unpaired) electrons. The zero-order valence-corrected chi connectivity index (χ0v) is 15.4. The van der Waals surface area contributed by atoms with Crippen LogP contribution in [0.1, 0.15) is 27.2 Å². The molecule has 4 aromatic rings. The Morgan fingerprint density at radius 3 is 2.54 bits per heavy atom. The first-order valence-electron chi connectivity index (χ1n) is 9.25. The van der Waals surface area contributed by atoms with Gasteiger partial charge in [0.15, 0.2) is 0 Å². The number of fused-ring (bicyclic) bond motifs is 3. The van der Waals surface area contributed by atoms with Crippen molar-refractivity contribution in [1.82, 2.24) is 5.16 Å². The number of anilines is 1. The Morgan fingerprint density at radius 1 is 0.929 bits per heavy atom. The van der Waals surface area contributed by atoms with Crippen LogP contribution in [-0.2, 0) is 6.42 Å². The van der Waals surface area contributed by atoms with Gasteiger partial charge in [0.2, 0.25) is 0 Å². The third-order valence-electron chi connectivity index (χ3n) is 5.19. The third kappa shape index (κ3) is 2.70. The van der Waals surface area contributed by atoms with Crippen LogP contribution in [0.25, 0.3) is 22.4 Å². The summed E-state index contributed by atoms with van der Waals surface area (Å²) in [5.41, 5.74) is 7.66. The largest absolute Gasteiger partial charge is 0.360 e. The fourth-order valence-corrected chi connectivity index (χ4v) is 3.83. The number of nitrogens with one attached hydrogen (secondary N) is 1. The molecule has 0 fully saturated rings. The van der Waals surface area contributed by atoms with Crippen molar-refractivity contribution < 1.29 is 9.32 Å². The van der Waals surface area contributed by atoms with Gasteiger partial charge in [-0.2, -0.15) is 0 Å². The van der Waals surface area contributed by atoms with Crippen molar-refractivity contribution in [1.29, 1.82) is 0 Å². The minimum absolute atomic E-state index is 0.219. The second kappa shape index (κ2) is 6.50. The molecule has 1 aromatic heterocycles. The highest BCUT2D eigenvalue weighted by atomic mass is 16.5. The minimum atomic E-state index is -0.219. The van der Waals surface area contributed by atoms with Gasteiger partial charge in [-0.3, -0.25) is 4.79 Å². The maximum atomic E-state index is 13.0. The number of hydrogen-bond acceptors (Lipinski definition) is 3. The number of benzene rings is 3. The summed E-state index contributed by atoms with van der Waals surface area (Å²) in [6.45, 7) is 1.76. The van der Waals surface area contributed by atoms with E-state index in [0.717, 1.165) is 17.7 Å². The molecule has 0 saturated heterocycles. The molecule has 0 spiro atoms. The van der Waals surface area contributed by atoms with Crippen LogP contribution in [0.3, 0.4) is 0 Å². The van der Waals surface area contributed by atoms with Gasteiger partial charge in [0.1, 0.15) is 17.0 Å². The maximum absolute atomic E-state index is 13.0. The van der Waals surface area contributed by atoms with E-state index >= 15 is 0 Å². The highest BCUT2D eigenvalue weighted by Crippen LogP contribution is 2.38. The quantitative estimate of drug-likeness (QED) is 0.460. The predicted octanol–water partition coefficient (Wildman–Crippen LogP) is 5.47. The normalized spacial score (nSPS) is 11.8. The van der Waals surface area contributed by atoms with Crippen LogP contribution < -0.4 is 5.32 Å². The number of carbonyl (C=O) groups is 1. The topological polar surface area (TPSA) is 55.1 Å². The molecular formula is C24H18N2O2. The molecule has 1 aliphatic carbocycles. The monoisotopic (exact) mass is 366 g/mol. The van der Waals surface area contributed by atoms with Crippen LogP contribution in [0.4, 0.5) is 5.69 Å². The van der Waals surface area contributed by atoms with E-state index in [1.165, 1.54) is 22.3 Å². The van der Waals surface area contributed by atoms with Crippen molar-refractivity contribution >= 4 is 11.6 Å². The van der Waals surface area contributed by atoms with Gasteiger partial charge in [0, 0.05) is 11.3 Å². The van der Waals surface area contributed by atoms with Crippen molar-refractivity contribution in [3.05, 3.63) is 95.2 Å². The van der Waals surface area contributed by atoms with Crippen LogP contribution in [-0.4, -0.2) is 11.1 Å². The van der Waals surface area contributed by atoms with E-state index in [1.54, 1.807) is 6.92 Å². The van der Waals surface area contributed by atoms with Gasteiger partial charge >= 0.3 is 0 Å². The molecule has 1 amide bonds. The molecule has 0 aliphatic heterocycles. The first kappa shape index (κ1) is 16.5. The van der Waals surface area contributed by atoms with Crippen molar-refractivity contribution in [2.24, 2.45) is 0 Å². The Balaban J connectivity index is 1.48. The zero-order valence-electron chi connectivity index (χ0n) is 15.4. The lowest BCUT2D eigenvalue weighted by atomic mass is 10.0. The van der Waals surface area contributed by atoms with E-state index in [4.69, 9.17) is 4.52 Å². The summed E-state index contributed by atoms with van der Waals surface area (Å²) in [6, 6.07) is 24.1. The molecule has 3 aromatic carbocycles. The number of aryl methyl sites for hydroxylation is 1. The SMILES string of the molecule is Cc1onc(-c2ccccc2)c1C(=O)Nc1ccc2c(c1)-c1ccccc1C2. The van der Waals surface area contributed by atoms with Crippen molar-refractivity contribution in [2.75, 3.05) is 5.32 Å². The van der Waals surface area contributed by atoms with Gasteiger partial charge in [-0.25, -0.2) is 0 Å². The van der Waals surface area contributed by atoms with Crippen molar-refractivity contribution in [3.63, 3.8) is 0 Å². The summed E-state index contributed by atoms with van der Waals surface area (Å²) in [5.74, 6) is 0.284. The molecule has 1 aliphatic rings. The molecule has 0 saturated carbocycles. The van der Waals surface area contributed by atoms with Gasteiger partial charge in [-0.1, -0.05) is 65.8 Å². The van der Waals surface area contributed by atoms with E-state index in [1.807, 2.05) is 48.5 Å². The first-order valence-corrected chi connectivity index (χ1v) is 9.25. The Kier molecular flexibility index (Phi) is 3.83. The lowest BCUT2D eigenvalue weighted by molar-refractivity contribution is 0.102. The molecule has 4 nitrogen and oxygen atoms in total. The van der Waals surface area contributed by atoms with Crippen LogP contribution in [0.2, 0.25) is 0 Å². The van der Waals surface area contributed by atoms with Crippen molar-refractivity contribution in [3.8, 4) is 22.4 Å². The van der Waals surface area contributed by atoms with Crippen LogP contribution in [0.5, 0.6) is 0 Å². The average Bonchev–Trinajstić information content (AvgIpc) is 3.29. The first-order chi connectivity index (χ1) is 13.7. The summed E-state index contributed by atoms with van der Waals surface area (Å²) in [6.07, 6.45) is 0.933. The van der Waals surface area contributed by atoms with Gasteiger partial charge in [0.05, 0.1) is 0 Å². The van der Waals surface area contributed by atoms with Gasteiger partial charge < -0.3 is 9.84 Å². The maximum Gasteiger partial charge on any atom is 0.261 e. The zero-order chi connectivity index (χ0) is 19.1. The van der Waals surface area contributed by atoms with Gasteiger partial charge in [0.25, 0.3) is 5.91 Å². The molecule has 0 unspecified atom stereocenters. The lowest BCUT2D eigenvalue weighted by Gasteiger charge is -2.08. The highest BCUT2D eigenvalue weighted by molar-refractivity contribution is 6.09. The Hall–Kier alpha value is -3.66. The standard InChI is InChI=1S/C24H18N2O2/c1-15-22(23(26-28-15)16-7-3-2-4-8-16)24(27)25-19-12-11-18-13-17-9-5-6-10-20(17)21(18)14-19/h2-12,14H,13H2,1H3,(H,25,27). The second-order valence-corrected chi connectivity index (χ2v) is 6.99. The molecule has 0 atom stereocenters. The molecule has 0 bridgehead atoms. The third-order valence-corrected chi connectivity index (χ3v) is 5.19. The summed E-state index contributed by atoms with van der Waals surface area (Å²) in [7, 11) is 0. The summed E-state index contributed by atoms with van der Waals surface area (Å²) in [4.78, 5) is 13.0. The van der Waals surface area contributed by atoms with E-state index in [2.05, 4.69) is 34.7 Å². The molecule has 4 heteroatoms. The Bertz CT molecular complexity index is 1190. The number of carbonyl (C=O) groups excluding carboxylic acids is 1. The average molecular weight is 366 g/mol. The van der Waals surface area contributed by atoms with Crippen LogP contribution in [0, 0.1) is 6.92 Å². The van der Waals surface area contributed by atoms with E-state index in [-0.39, 0.29) is 5.91 Å². The lowest BCUT2D eigenvalue weighted by Crippen LogP contribution is -2.13. The number of aromatic nitrogens is 1. The number of hydrogen-bond donors (Lipinski definition) is 1. The number of rotatable bonds is 3. The molecule has 1 N–H and O–H groups in total. The van der Waals surface area contributed by atoms with Crippen LogP contribution >= 0.6 is 0 Å². The highest BCUT2D eigenvalue weighted by Gasteiger charge is 2.23. The number of amides is 1. The van der Waals surface area contributed by atoms with Gasteiger partial charge in [-0.15, -0.1) is 0 Å². The Morgan fingerprint density at radius 2 is 1.68 bits per heavy atom. The summed E-state index contributed by atoms with van der Waals surface area (Å²) in [5, 5.41) is 7.12. The van der Waals surface area contributed by atoms with Gasteiger partial charge in [-0.05, 0) is 47.7 Å². The number of nitrogens with zero attached hydrogens (tertiary/aromatic N) is 1. The molecule has 28 heavy (non-hydrogen) atoms. The fourth-order valence-electron chi connectivity index (χ4n) is 3.83. The van der Waals surface area contributed by atoms with E-state index < -0.39 is 0 Å². The Labute approximate surface area is 162 Å². The fraction of sp³-hybridized carbons (Fsp3) is 0.0833. The smallest absolute Gasteiger partial charge is 0.261 e.